The van der Waals surface area contributed by atoms with Crippen molar-refractivity contribution < 1.29 is 9.59 Å². The monoisotopic (exact) mass is 397 g/mol. The zero-order valence-electron chi connectivity index (χ0n) is 16.1. The average Bonchev–Trinajstić information content (AvgIpc) is 3.18. The van der Waals surface area contributed by atoms with Crippen LogP contribution in [0, 0.1) is 0 Å². The Labute approximate surface area is 172 Å². The molecule has 0 bridgehead atoms. The number of fused-ring (bicyclic) bond motifs is 1. The fourth-order valence-corrected chi connectivity index (χ4v) is 4.18. The molecule has 1 saturated carbocycles. The predicted molar refractivity (Wildman–Crippen MR) is 113 cm³/mol. The molecular weight excluding hydrogens is 378 g/mol. The Hall–Kier alpha value is -3.87. The van der Waals surface area contributed by atoms with Gasteiger partial charge in [-0.25, -0.2) is 9.78 Å². The number of rotatable bonds is 4. The van der Waals surface area contributed by atoms with E-state index in [-0.39, 0.29) is 5.91 Å². The van der Waals surface area contributed by atoms with E-state index >= 15 is 0 Å². The first-order chi connectivity index (χ1) is 14.7. The third-order valence-corrected chi connectivity index (χ3v) is 5.93. The molecule has 3 amide bonds. The van der Waals surface area contributed by atoms with Crippen LogP contribution < -0.4 is 10.2 Å². The highest BCUT2D eigenvalue weighted by Crippen LogP contribution is 2.41. The van der Waals surface area contributed by atoms with Gasteiger partial charge >= 0.3 is 6.03 Å². The highest BCUT2D eigenvalue weighted by molar-refractivity contribution is 6.15. The summed E-state index contributed by atoms with van der Waals surface area (Å²) in [6, 6.07) is 14.3. The number of imidazole rings is 1. The maximum Gasteiger partial charge on any atom is 0.329 e. The van der Waals surface area contributed by atoms with Gasteiger partial charge in [-0.15, -0.1) is 0 Å². The number of nitrogens with zero attached hydrogens (tertiary/aromatic N) is 2. The molecule has 2 aliphatic rings. The van der Waals surface area contributed by atoms with Gasteiger partial charge in [0.1, 0.15) is 6.04 Å². The SMILES string of the molecule is O=C1NC(=O)N(c2ccc3[nH]cnc3c2)C1c1ccc(-c2cc(C3CC3)c[nH]2)cc1. The number of aromatic amines is 2. The topological polar surface area (TPSA) is 93.9 Å². The lowest BCUT2D eigenvalue weighted by Crippen LogP contribution is -2.29. The van der Waals surface area contributed by atoms with Crippen LogP contribution in [0.15, 0.2) is 61.1 Å². The van der Waals surface area contributed by atoms with E-state index in [2.05, 4.69) is 32.5 Å². The molecule has 1 aliphatic carbocycles. The first kappa shape index (κ1) is 17.0. The number of hydrogen-bond donors (Lipinski definition) is 3. The van der Waals surface area contributed by atoms with E-state index in [1.807, 2.05) is 42.5 Å². The van der Waals surface area contributed by atoms with Crippen LogP contribution in [0.1, 0.15) is 35.9 Å². The summed E-state index contributed by atoms with van der Waals surface area (Å²) in [5.74, 6) is 0.369. The molecule has 3 N–H and O–H groups in total. The van der Waals surface area contributed by atoms with Gasteiger partial charge in [0.15, 0.2) is 0 Å². The van der Waals surface area contributed by atoms with Crippen LogP contribution in [0.3, 0.4) is 0 Å². The Kier molecular flexibility index (Phi) is 3.59. The standard InChI is InChI=1S/C23H19N5O2/c29-22-21(28(23(30)27-22)17-7-8-18-20(10-17)26-12-25-18)15-5-3-14(4-6-15)19-9-16(11-24-19)13-1-2-13/h3-13,21,24H,1-2H2,(H,25,26)(H,27,29,30). The molecule has 0 spiro atoms. The molecular formula is C23H19N5O2. The second kappa shape index (κ2) is 6.32. The van der Waals surface area contributed by atoms with Gasteiger partial charge in [0, 0.05) is 17.6 Å². The first-order valence-corrected chi connectivity index (χ1v) is 10.0. The molecule has 4 aromatic rings. The number of carbonyl (C=O) groups excluding carboxylic acids is 2. The number of carbonyl (C=O) groups is 2. The van der Waals surface area contributed by atoms with Gasteiger partial charge in [-0.05, 0) is 59.7 Å². The van der Waals surface area contributed by atoms with Crippen LogP contribution in [0.25, 0.3) is 22.3 Å². The van der Waals surface area contributed by atoms with Crippen molar-refractivity contribution in [3.8, 4) is 11.3 Å². The van der Waals surface area contributed by atoms with Crippen LogP contribution in [-0.2, 0) is 4.79 Å². The molecule has 1 atom stereocenters. The van der Waals surface area contributed by atoms with Crippen LogP contribution in [0.2, 0.25) is 0 Å². The van der Waals surface area contributed by atoms with E-state index in [9.17, 15) is 9.59 Å². The number of amides is 3. The number of urea groups is 1. The third-order valence-electron chi connectivity index (χ3n) is 5.93. The summed E-state index contributed by atoms with van der Waals surface area (Å²) in [6.45, 7) is 0. The predicted octanol–water partition coefficient (Wildman–Crippen LogP) is 4.23. The third kappa shape index (κ3) is 2.70. The second-order valence-electron chi connectivity index (χ2n) is 7.91. The number of anilines is 1. The molecule has 1 aliphatic heterocycles. The summed E-state index contributed by atoms with van der Waals surface area (Å²) in [4.78, 5) is 37.3. The maximum absolute atomic E-state index is 12.6. The molecule has 148 valence electrons. The molecule has 3 heterocycles. The van der Waals surface area contributed by atoms with E-state index in [1.165, 1.54) is 23.3 Å². The van der Waals surface area contributed by atoms with Crippen molar-refractivity contribution in [1.29, 1.82) is 0 Å². The normalized spacial score (nSPS) is 18.9. The lowest BCUT2D eigenvalue weighted by Gasteiger charge is -2.22. The zero-order chi connectivity index (χ0) is 20.2. The van der Waals surface area contributed by atoms with Gasteiger partial charge in [-0.3, -0.25) is 15.0 Å². The smallest absolute Gasteiger partial charge is 0.329 e. The highest BCUT2D eigenvalue weighted by atomic mass is 16.2. The van der Waals surface area contributed by atoms with Crippen LogP contribution in [0.4, 0.5) is 10.5 Å². The Bertz CT molecular complexity index is 1280. The van der Waals surface area contributed by atoms with Crippen LogP contribution in [-0.4, -0.2) is 26.9 Å². The second-order valence-corrected chi connectivity index (χ2v) is 7.91. The molecule has 7 nitrogen and oxygen atoms in total. The molecule has 2 aromatic heterocycles. The molecule has 2 aromatic carbocycles. The lowest BCUT2D eigenvalue weighted by atomic mass is 10.0. The van der Waals surface area contributed by atoms with E-state index < -0.39 is 12.1 Å². The molecule has 6 rings (SSSR count). The Balaban J connectivity index is 1.34. The number of aromatic nitrogens is 3. The molecule has 1 saturated heterocycles. The van der Waals surface area contributed by atoms with E-state index in [0.29, 0.717) is 11.6 Å². The summed E-state index contributed by atoms with van der Waals surface area (Å²) in [5, 5.41) is 2.44. The number of imide groups is 1. The van der Waals surface area contributed by atoms with Crippen molar-refractivity contribution in [2.45, 2.75) is 24.8 Å². The quantitative estimate of drug-likeness (QED) is 0.450. The Morgan fingerprint density at radius 2 is 1.77 bits per heavy atom. The van der Waals surface area contributed by atoms with Gasteiger partial charge in [0.2, 0.25) is 0 Å². The maximum atomic E-state index is 12.6. The molecule has 1 unspecified atom stereocenters. The van der Waals surface area contributed by atoms with Gasteiger partial charge in [0.05, 0.1) is 17.4 Å². The fourth-order valence-electron chi connectivity index (χ4n) is 4.18. The number of benzene rings is 2. The van der Waals surface area contributed by atoms with Crippen molar-refractivity contribution >= 4 is 28.7 Å². The molecule has 0 radical (unpaired) electrons. The summed E-state index contributed by atoms with van der Waals surface area (Å²) < 4.78 is 0. The van der Waals surface area contributed by atoms with Crippen molar-refractivity contribution in [3.05, 3.63) is 72.2 Å². The van der Waals surface area contributed by atoms with E-state index in [1.54, 1.807) is 6.33 Å². The number of hydrogen-bond acceptors (Lipinski definition) is 3. The van der Waals surface area contributed by atoms with E-state index in [4.69, 9.17) is 0 Å². The summed E-state index contributed by atoms with van der Waals surface area (Å²) >= 11 is 0. The average molecular weight is 397 g/mol. The van der Waals surface area contributed by atoms with Crippen molar-refractivity contribution in [2.24, 2.45) is 0 Å². The summed E-state index contributed by atoms with van der Waals surface area (Å²) in [6.07, 6.45) is 6.22. The van der Waals surface area contributed by atoms with E-state index in [0.717, 1.165) is 27.9 Å². The highest BCUT2D eigenvalue weighted by Gasteiger charge is 2.40. The lowest BCUT2D eigenvalue weighted by molar-refractivity contribution is -0.119. The Morgan fingerprint density at radius 1 is 0.933 bits per heavy atom. The van der Waals surface area contributed by atoms with Gasteiger partial charge in [-0.1, -0.05) is 24.3 Å². The summed E-state index contributed by atoms with van der Waals surface area (Å²) in [7, 11) is 0. The van der Waals surface area contributed by atoms with Crippen molar-refractivity contribution in [2.75, 3.05) is 4.90 Å². The van der Waals surface area contributed by atoms with Gasteiger partial charge < -0.3 is 9.97 Å². The van der Waals surface area contributed by atoms with Crippen LogP contribution in [0.5, 0.6) is 0 Å². The minimum Gasteiger partial charge on any atom is -0.361 e. The summed E-state index contributed by atoms with van der Waals surface area (Å²) in [5.41, 5.74) is 6.49. The Morgan fingerprint density at radius 3 is 2.57 bits per heavy atom. The van der Waals surface area contributed by atoms with Crippen molar-refractivity contribution in [3.63, 3.8) is 0 Å². The first-order valence-electron chi connectivity index (χ1n) is 10.0. The molecule has 2 fully saturated rings. The van der Waals surface area contributed by atoms with Gasteiger partial charge in [-0.2, -0.15) is 0 Å². The number of H-pyrrole nitrogens is 2. The minimum atomic E-state index is -0.714. The minimum absolute atomic E-state index is 0.328. The molecule has 30 heavy (non-hydrogen) atoms. The largest absolute Gasteiger partial charge is 0.361 e. The van der Waals surface area contributed by atoms with Gasteiger partial charge in [0.25, 0.3) is 5.91 Å². The molecule has 7 heteroatoms. The number of nitrogens with one attached hydrogen (secondary N) is 3. The zero-order valence-corrected chi connectivity index (χ0v) is 16.1. The fraction of sp³-hybridized carbons (Fsp3) is 0.174. The van der Waals surface area contributed by atoms with Crippen LogP contribution >= 0.6 is 0 Å². The van der Waals surface area contributed by atoms with Crippen molar-refractivity contribution in [1.82, 2.24) is 20.3 Å².